The van der Waals surface area contributed by atoms with Gasteiger partial charge in [0.2, 0.25) is 0 Å². The molecule has 0 saturated carbocycles. The molecule has 0 amide bonds. The molecule has 2 heteroatoms. The van der Waals surface area contributed by atoms with Crippen molar-refractivity contribution in [3.05, 3.63) is 12.3 Å². The lowest BCUT2D eigenvalue weighted by molar-refractivity contribution is -0.106. The SMILES string of the molecule is C/C=C\N=CCC=O. The fraction of sp³-hybridized carbons (Fsp3) is 0.333. The van der Waals surface area contributed by atoms with E-state index in [0.29, 0.717) is 6.42 Å². The van der Waals surface area contributed by atoms with E-state index in [4.69, 9.17) is 0 Å². The Balaban J connectivity index is 3.19. The molecule has 44 valence electrons. The van der Waals surface area contributed by atoms with Crippen LogP contribution in [-0.4, -0.2) is 12.5 Å². The molecule has 0 rings (SSSR count). The van der Waals surface area contributed by atoms with Gasteiger partial charge < -0.3 is 4.79 Å². The van der Waals surface area contributed by atoms with Gasteiger partial charge in [0.05, 0.1) is 0 Å². The van der Waals surface area contributed by atoms with Crippen molar-refractivity contribution in [1.82, 2.24) is 0 Å². The molecule has 0 radical (unpaired) electrons. The molecule has 0 heterocycles. The number of carbonyl (C=O) groups is 1. The van der Waals surface area contributed by atoms with Gasteiger partial charge >= 0.3 is 0 Å². The Morgan fingerprint density at radius 3 is 2.88 bits per heavy atom. The number of rotatable bonds is 3. The van der Waals surface area contributed by atoms with Crippen molar-refractivity contribution in [2.75, 3.05) is 0 Å². The lowest BCUT2D eigenvalue weighted by Gasteiger charge is -1.71. The van der Waals surface area contributed by atoms with Gasteiger partial charge in [-0.3, -0.25) is 4.99 Å². The van der Waals surface area contributed by atoms with Crippen molar-refractivity contribution in [2.45, 2.75) is 13.3 Å². The van der Waals surface area contributed by atoms with Crippen LogP contribution in [0.2, 0.25) is 0 Å². The molecule has 0 aromatic rings. The van der Waals surface area contributed by atoms with Crippen molar-refractivity contribution >= 4 is 12.5 Å². The van der Waals surface area contributed by atoms with Crippen molar-refractivity contribution < 1.29 is 4.79 Å². The molecule has 8 heavy (non-hydrogen) atoms. The number of aliphatic imine (C=N–C) groups is 1. The summed E-state index contributed by atoms with van der Waals surface area (Å²) in [6, 6.07) is 0. The van der Waals surface area contributed by atoms with E-state index in [1.807, 2.05) is 6.92 Å². The van der Waals surface area contributed by atoms with E-state index in [9.17, 15) is 4.79 Å². The maximum atomic E-state index is 9.65. The lowest BCUT2D eigenvalue weighted by atomic mass is 10.5. The van der Waals surface area contributed by atoms with Crippen LogP contribution >= 0.6 is 0 Å². The number of hydrogen-bond acceptors (Lipinski definition) is 2. The molecule has 0 aliphatic carbocycles. The molecule has 0 aliphatic rings. The summed E-state index contributed by atoms with van der Waals surface area (Å²) in [5.41, 5.74) is 0. The number of aldehydes is 1. The summed E-state index contributed by atoms with van der Waals surface area (Å²) in [6.45, 7) is 1.87. The van der Waals surface area contributed by atoms with Gasteiger partial charge in [-0.05, 0) is 6.92 Å². The maximum Gasteiger partial charge on any atom is 0.125 e. The number of carbonyl (C=O) groups excluding carboxylic acids is 1. The third kappa shape index (κ3) is 5.08. The average molecular weight is 111 g/mol. The Labute approximate surface area is 48.9 Å². The zero-order valence-electron chi connectivity index (χ0n) is 4.87. The Morgan fingerprint density at radius 1 is 1.62 bits per heavy atom. The first-order valence-electron chi connectivity index (χ1n) is 2.48. The van der Waals surface area contributed by atoms with E-state index in [-0.39, 0.29) is 0 Å². The van der Waals surface area contributed by atoms with E-state index >= 15 is 0 Å². The van der Waals surface area contributed by atoms with Gasteiger partial charge in [0.1, 0.15) is 6.29 Å². The van der Waals surface area contributed by atoms with E-state index < -0.39 is 0 Å². The van der Waals surface area contributed by atoms with Gasteiger partial charge in [-0.1, -0.05) is 6.08 Å². The third-order valence-corrected chi connectivity index (χ3v) is 0.542. The van der Waals surface area contributed by atoms with Crippen molar-refractivity contribution in [1.29, 1.82) is 0 Å². The first kappa shape index (κ1) is 7.08. The Bertz CT molecular complexity index is 105. The molecule has 0 aromatic carbocycles. The molecular weight excluding hydrogens is 102 g/mol. The van der Waals surface area contributed by atoms with Crippen LogP contribution in [0.5, 0.6) is 0 Å². The summed E-state index contributed by atoms with van der Waals surface area (Å²) in [5, 5.41) is 0. The topological polar surface area (TPSA) is 29.4 Å². The molecule has 0 N–H and O–H groups in total. The van der Waals surface area contributed by atoms with Crippen LogP contribution in [0.25, 0.3) is 0 Å². The molecule has 0 spiro atoms. The normalized spacial score (nSPS) is 11.1. The second-order valence-corrected chi connectivity index (χ2v) is 1.22. The zero-order valence-corrected chi connectivity index (χ0v) is 4.87. The van der Waals surface area contributed by atoms with Crippen LogP contribution in [0.1, 0.15) is 13.3 Å². The van der Waals surface area contributed by atoms with E-state index in [1.165, 1.54) is 0 Å². The van der Waals surface area contributed by atoms with Crippen molar-refractivity contribution in [3.63, 3.8) is 0 Å². The first-order chi connectivity index (χ1) is 3.91. The predicted molar refractivity (Wildman–Crippen MR) is 34.0 cm³/mol. The Morgan fingerprint density at radius 2 is 2.38 bits per heavy atom. The monoisotopic (exact) mass is 111 g/mol. The largest absolute Gasteiger partial charge is 0.303 e. The number of allylic oxidation sites excluding steroid dienone is 1. The van der Waals surface area contributed by atoms with Crippen molar-refractivity contribution in [3.8, 4) is 0 Å². The van der Waals surface area contributed by atoms with Gasteiger partial charge in [-0.25, -0.2) is 0 Å². The molecule has 0 atom stereocenters. The van der Waals surface area contributed by atoms with E-state index in [0.717, 1.165) is 6.29 Å². The smallest absolute Gasteiger partial charge is 0.125 e. The molecule has 0 saturated heterocycles. The second-order valence-electron chi connectivity index (χ2n) is 1.22. The van der Waals surface area contributed by atoms with E-state index in [2.05, 4.69) is 4.99 Å². The summed E-state index contributed by atoms with van der Waals surface area (Å²) in [5.74, 6) is 0. The first-order valence-corrected chi connectivity index (χ1v) is 2.48. The summed E-state index contributed by atoms with van der Waals surface area (Å²) >= 11 is 0. The highest BCUT2D eigenvalue weighted by Gasteiger charge is 1.66. The molecule has 0 bridgehead atoms. The van der Waals surface area contributed by atoms with Crippen molar-refractivity contribution in [2.24, 2.45) is 4.99 Å². The molecule has 0 aliphatic heterocycles. The fourth-order valence-corrected chi connectivity index (χ4v) is 0.251. The third-order valence-electron chi connectivity index (χ3n) is 0.542. The zero-order chi connectivity index (χ0) is 6.24. The molecule has 0 aromatic heterocycles. The Kier molecular flexibility index (Phi) is 5.38. The average Bonchev–Trinajstić information content (AvgIpc) is 1.81. The van der Waals surface area contributed by atoms with Gasteiger partial charge in [0.25, 0.3) is 0 Å². The van der Waals surface area contributed by atoms with Gasteiger partial charge in [-0.15, -0.1) is 0 Å². The minimum atomic E-state index is 0.407. The van der Waals surface area contributed by atoms with Crippen LogP contribution in [0.3, 0.4) is 0 Å². The van der Waals surface area contributed by atoms with Gasteiger partial charge in [0.15, 0.2) is 0 Å². The standard InChI is InChI=1S/C6H9NO/c1-2-4-7-5-3-6-8/h2,4-6H,3H2,1H3/b4-2-,7-5?. The minimum Gasteiger partial charge on any atom is -0.303 e. The van der Waals surface area contributed by atoms with Crippen LogP contribution in [-0.2, 0) is 4.79 Å². The summed E-state index contributed by atoms with van der Waals surface area (Å²) in [4.78, 5) is 13.4. The molecule has 2 nitrogen and oxygen atoms in total. The molecular formula is C6H9NO. The quantitative estimate of drug-likeness (QED) is 0.397. The maximum absolute atomic E-state index is 9.65. The summed E-state index contributed by atoms with van der Waals surface area (Å²) in [7, 11) is 0. The van der Waals surface area contributed by atoms with Crippen LogP contribution in [0, 0.1) is 0 Å². The fourth-order valence-electron chi connectivity index (χ4n) is 0.251. The van der Waals surface area contributed by atoms with E-state index in [1.54, 1.807) is 18.5 Å². The summed E-state index contributed by atoms with van der Waals surface area (Å²) < 4.78 is 0. The molecule has 0 fully saturated rings. The lowest BCUT2D eigenvalue weighted by Crippen LogP contribution is -1.72. The van der Waals surface area contributed by atoms with Crippen LogP contribution in [0.4, 0.5) is 0 Å². The highest BCUT2D eigenvalue weighted by Crippen LogP contribution is 1.71. The molecule has 0 unspecified atom stereocenters. The van der Waals surface area contributed by atoms with Gasteiger partial charge in [-0.2, -0.15) is 0 Å². The second kappa shape index (κ2) is 6.08. The van der Waals surface area contributed by atoms with Crippen LogP contribution in [0.15, 0.2) is 17.3 Å². The van der Waals surface area contributed by atoms with Gasteiger partial charge in [0, 0.05) is 18.8 Å². The highest BCUT2D eigenvalue weighted by molar-refractivity contribution is 5.76. The predicted octanol–water partition coefficient (Wildman–Crippen LogP) is 1.18. The number of hydrogen-bond donors (Lipinski definition) is 0. The minimum absolute atomic E-state index is 0.407. The highest BCUT2D eigenvalue weighted by atomic mass is 16.1. The number of nitrogens with zero attached hydrogens (tertiary/aromatic N) is 1. The summed E-state index contributed by atoms with van der Waals surface area (Å²) in [6.07, 6.45) is 6.23. The van der Waals surface area contributed by atoms with Crippen LogP contribution < -0.4 is 0 Å². The Hall–Kier alpha value is -0.920.